The van der Waals surface area contributed by atoms with E-state index in [0.29, 0.717) is 12.6 Å². The normalized spacial score (nSPS) is 21.8. The van der Waals surface area contributed by atoms with Gasteiger partial charge in [0.2, 0.25) is 0 Å². The van der Waals surface area contributed by atoms with Crippen LogP contribution in [0.3, 0.4) is 0 Å². The SMILES string of the molecule is CC(=O)CN1CCC(O)CC1.I.NC1CCC1.[HH]. The fourth-order valence-corrected chi connectivity index (χ4v) is 1.83. The number of Topliss-reactive ketones (excluding diaryl/α,β-unsaturated/α-hetero) is 1. The van der Waals surface area contributed by atoms with Crippen molar-refractivity contribution in [2.45, 2.75) is 51.2 Å². The standard InChI is InChI=1S/C8H15NO2.C4H9N.HI.H2/c1-7(10)6-9-4-2-8(11)3-5-9;5-4-2-1-3-4;;/h8,11H,2-6H2,1H3;4H,1-3,5H2;2*1H. The van der Waals surface area contributed by atoms with Crippen molar-refractivity contribution in [2.75, 3.05) is 19.6 Å². The first-order chi connectivity index (χ1) is 7.58. The number of aliphatic hydroxyl groups excluding tert-OH is 1. The largest absolute Gasteiger partial charge is 0.393 e. The highest BCUT2D eigenvalue weighted by Gasteiger charge is 2.17. The summed E-state index contributed by atoms with van der Waals surface area (Å²) in [6, 6.07) is 0.565. The number of ketones is 1. The van der Waals surface area contributed by atoms with E-state index in [1.54, 1.807) is 6.92 Å². The van der Waals surface area contributed by atoms with Gasteiger partial charge in [0.25, 0.3) is 0 Å². The van der Waals surface area contributed by atoms with Crippen LogP contribution in [0, 0.1) is 0 Å². The van der Waals surface area contributed by atoms with E-state index in [2.05, 4.69) is 4.90 Å². The van der Waals surface area contributed by atoms with Crippen molar-refractivity contribution in [3.63, 3.8) is 0 Å². The summed E-state index contributed by atoms with van der Waals surface area (Å²) in [7, 11) is 0. The van der Waals surface area contributed by atoms with Gasteiger partial charge in [0.15, 0.2) is 0 Å². The Morgan fingerprint density at radius 3 is 2.12 bits per heavy atom. The Morgan fingerprint density at radius 1 is 1.35 bits per heavy atom. The number of piperidine rings is 1. The monoisotopic (exact) mass is 358 g/mol. The fraction of sp³-hybridized carbons (Fsp3) is 0.917. The maximum Gasteiger partial charge on any atom is 0.143 e. The zero-order valence-corrected chi connectivity index (χ0v) is 12.9. The maximum atomic E-state index is 10.7. The van der Waals surface area contributed by atoms with Crippen molar-refractivity contribution >= 4 is 29.8 Å². The van der Waals surface area contributed by atoms with Crippen molar-refractivity contribution in [3.8, 4) is 0 Å². The Morgan fingerprint density at radius 2 is 1.82 bits per heavy atom. The van der Waals surface area contributed by atoms with Crippen LogP contribution < -0.4 is 5.73 Å². The van der Waals surface area contributed by atoms with E-state index >= 15 is 0 Å². The van der Waals surface area contributed by atoms with Gasteiger partial charge < -0.3 is 10.8 Å². The summed E-state index contributed by atoms with van der Waals surface area (Å²) in [4.78, 5) is 12.8. The Balaban J connectivity index is 0. The van der Waals surface area contributed by atoms with Crippen molar-refractivity contribution in [1.82, 2.24) is 4.90 Å². The predicted molar refractivity (Wildman–Crippen MR) is 81.7 cm³/mol. The number of hydrogen-bond donors (Lipinski definition) is 2. The number of carbonyl (C=O) groups is 1. The van der Waals surface area contributed by atoms with Gasteiger partial charge in [-0.05, 0) is 32.6 Å². The lowest BCUT2D eigenvalue weighted by Crippen LogP contribution is -2.38. The molecule has 3 N–H and O–H groups in total. The minimum absolute atomic E-state index is 0. The molecule has 0 aromatic heterocycles. The van der Waals surface area contributed by atoms with Gasteiger partial charge in [-0.25, -0.2) is 0 Å². The number of halogens is 1. The minimum atomic E-state index is -0.141. The average Bonchev–Trinajstić information content (AvgIpc) is 2.19. The summed E-state index contributed by atoms with van der Waals surface area (Å²) in [5.41, 5.74) is 5.38. The quantitative estimate of drug-likeness (QED) is 0.733. The molecule has 0 aromatic carbocycles. The summed E-state index contributed by atoms with van der Waals surface area (Å²) in [6.07, 6.45) is 5.38. The summed E-state index contributed by atoms with van der Waals surface area (Å²) in [6.45, 7) is 3.87. The molecule has 1 saturated heterocycles. The van der Waals surface area contributed by atoms with E-state index in [4.69, 9.17) is 10.8 Å². The first-order valence-electron chi connectivity index (χ1n) is 6.23. The summed E-state index contributed by atoms with van der Waals surface area (Å²) in [5, 5.41) is 9.15. The van der Waals surface area contributed by atoms with Crippen LogP contribution in [0.1, 0.15) is 40.5 Å². The molecule has 1 saturated carbocycles. The molecule has 17 heavy (non-hydrogen) atoms. The highest BCUT2D eigenvalue weighted by Crippen LogP contribution is 2.14. The van der Waals surface area contributed by atoms with Crippen molar-refractivity contribution in [3.05, 3.63) is 0 Å². The third kappa shape index (κ3) is 8.07. The van der Waals surface area contributed by atoms with Crippen LogP contribution in [0.25, 0.3) is 0 Å². The number of hydrogen-bond acceptors (Lipinski definition) is 4. The number of rotatable bonds is 2. The van der Waals surface area contributed by atoms with Crippen molar-refractivity contribution in [1.29, 1.82) is 0 Å². The van der Waals surface area contributed by atoms with E-state index in [-0.39, 0.29) is 37.3 Å². The molecule has 0 aromatic rings. The van der Waals surface area contributed by atoms with Crippen LogP contribution in [-0.2, 0) is 4.79 Å². The van der Waals surface area contributed by atoms with Crippen LogP contribution >= 0.6 is 24.0 Å². The second-order valence-corrected chi connectivity index (χ2v) is 4.90. The molecule has 0 unspecified atom stereocenters. The van der Waals surface area contributed by atoms with E-state index < -0.39 is 0 Å². The minimum Gasteiger partial charge on any atom is -0.393 e. The molecule has 2 fully saturated rings. The molecule has 104 valence electrons. The molecule has 0 amide bonds. The molecule has 0 radical (unpaired) electrons. The molecular weight excluding hydrogens is 331 g/mol. The van der Waals surface area contributed by atoms with Crippen LogP contribution in [0.4, 0.5) is 0 Å². The van der Waals surface area contributed by atoms with Gasteiger partial charge >= 0.3 is 0 Å². The van der Waals surface area contributed by atoms with E-state index in [1.165, 1.54) is 19.3 Å². The van der Waals surface area contributed by atoms with Gasteiger partial charge in [-0.2, -0.15) is 0 Å². The second kappa shape index (κ2) is 9.24. The summed E-state index contributed by atoms with van der Waals surface area (Å²) < 4.78 is 0. The van der Waals surface area contributed by atoms with Crippen LogP contribution in [0.15, 0.2) is 0 Å². The lowest BCUT2D eigenvalue weighted by Gasteiger charge is -2.28. The molecule has 2 rings (SSSR count). The zero-order valence-electron chi connectivity index (χ0n) is 10.6. The predicted octanol–water partition coefficient (Wildman–Crippen LogP) is 1.39. The highest BCUT2D eigenvalue weighted by atomic mass is 127. The third-order valence-corrected chi connectivity index (χ3v) is 3.15. The Hall–Kier alpha value is 0.280. The molecule has 0 atom stereocenters. The van der Waals surface area contributed by atoms with Gasteiger partial charge in [0.1, 0.15) is 5.78 Å². The molecule has 2 aliphatic rings. The smallest absolute Gasteiger partial charge is 0.143 e. The number of carbonyl (C=O) groups excluding carboxylic acids is 1. The third-order valence-electron chi connectivity index (χ3n) is 3.15. The average molecular weight is 358 g/mol. The van der Waals surface area contributed by atoms with E-state index in [1.807, 2.05) is 0 Å². The van der Waals surface area contributed by atoms with Gasteiger partial charge in [-0.15, -0.1) is 24.0 Å². The number of likely N-dealkylation sites (tertiary alicyclic amines) is 1. The fourth-order valence-electron chi connectivity index (χ4n) is 1.83. The van der Waals surface area contributed by atoms with Gasteiger partial charge in [-0.1, -0.05) is 6.42 Å². The lowest BCUT2D eigenvalue weighted by atomic mass is 9.95. The maximum absolute atomic E-state index is 10.7. The molecule has 1 aliphatic carbocycles. The van der Waals surface area contributed by atoms with Gasteiger partial charge in [0, 0.05) is 20.6 Å². The Bertz CT molecular complexity index is 220. The molecule has 1 aliphatic heterocycles. The first kappa shape index (κ1) is 17.3. The molecule has 0 bridgehead atoms. The molecule has 1 heterocycles. The Labute approximate surface area is 122 Å². The number of nitrogens with two attached hydrogens (primary N) is 1. The van der Waals surface area contributed by atoms with E-state index in [0.717, 1.165) is 25.9 Å². The molecule has 4 nitrogen and oxygen atoms in total. The summed E-state index contributed by atoms with van der Waals surface area (Å²) in [5.74, 6) is 0.210. The number of aliphatic hydroxyl groups is 1. The zero-order chi connectivity index (χ0) is 12.0. The second-order valence-electron chi connectivity index (χ2n) is 4.90. The highest BCUT2D eigenvalue weighted by molar-refractivity contribution is 14.0. The lowest BCUT2D eigenvalue weighted by molar-refractivity contribution is -0.118. The molecule has 0 spiro atoms. The first-order valence-corrected chi connectivity index (χ1v) is 6.23. The van der Waals surface area contributed by atoms with Crippen LogP contribution in [0.2, 0.25) is 0 Å². The van der Waals surface area contributed by atoms with Crippen molar-refractivity contribution < 1.29 is 11.3 Å². The summed E-state index contributed by atoms with van der Waals surface area (Å²) >= 11 is 0. The van der Waals surface area contributed by atoms with Gasteiger partial charge in [-0.3, -0.25) is 9.69 Å². The van der Waals surface area contributed by atoms with Crippen LogP contribution in [-0.4, -0.2) is 47.6 Å². The topological polar surface area (TPSA) is 66.6 Å². The van der Waals surface area contributed by atoms with E-state index in [9.17, 15) is 4.79 Å². The molecular formula is C12H27IN2O2. The van der Waals surface area contributed by atoms with Gasteiger partial charge in [0.05, 0.1) is 12.6 Å². The number of nitrogens with zero attached hydrogens (tertiary/aromatic N) is 1. The Kier molecular flexibility index (Phi) is 9.39. The van der Waals surface area contributed by atoms with Crippen LogP contribution in [0.5, 0.6) is 0 Å². The molecule has 5 heteroatoms. The van der Waals surface area contributed by atoms with Crippen molar-refractivity contribution in [2.24, 2.45) is 5.73 Å².